The van der Waals surface area contributed by atoms with Crippen LogP contribution in [0.1, 0.15) is 28.4 Å². The minimum Gasteiger partial charge on any atom is -0.388 e. The van der Waals surface area contributed by atoms with Gasteiger partial charge < -0.3 is 5.11 Å². The lowest BCUT2D eigenvalue weighted by molar-refractivity contribution is 0.178. The average molecular weight is 237 g/mol. The molecule has 1 N–H and O–H groups in total. The number of rotatable bonds is 3. The van der Waals surface area contributed by atoms with E-state index in [9.17, 15) is 5.11 Å². The van der Waals surface area contributed by atoms with Gasteiger partial charge in [-0.2, -0.15) is 5.26 Å². The molecule has 0 aliphatic rings. The molecule has 0 radical (unpaired) electrons. The Morgan fingerprint density at radius 1 is 1.06 bits per heavy atom. The van der Waals surface area contributed by atoms with E-state index in [0.29, 0.717) is 12.0 Å². The topological polar surface area (TPSA) is 44.0 Å². The highest BCUT2D eigenvalue weighted by molar-refractivity contribution is 5.33. The van der Waals surface area contributed by atoms with Crippen LogP contribution in [0.2, 0.25) is 0 Å². The van der Waals surface area contributed by atoms with Crippen LogP contribution in [0.5, 0.6) is 0 Å². The molecule has 0 bridgehead atoms. The molecule has 0 aliphatic carbocycles. The fourth-order valence-electron chi connectivity index (χ4n) is 1.85. The van der Waals surface area contributed by atoms with Crippen molar-refractivity contribution >= 4 is 0 Å². The van der Waals surface area contributed by atoms with Gasteiger partial charge in [-0.25, -0.2) is 0 Å². The maximum absolute atomic E-state index is 10.1. The Hall–Kier alpha value is -2.11. The van der Waals surface area contributed by atoms with Crippen LogP contribution >= 0.6 is 0 Å². The number of aryl methyl sites for hydroxylation is 1. The lowest BCUT2D eigenvalue weighted by Gasteiger charge is -2.11. The first-order valence-corrected chi connectivity index (χ1v) is 5.93. The van der Waals surface area contributed by atoms with Gasteiger partial charge >= 0.3 is 0 Å². The van der Waals surface area contributed by atoms with Crippen LogP contribution in [0.4, 0.5) is 0 Å². The molecule has 90 valence electrons. The van der Waals surface area contributed by atoms with Crippen molar-refractivity contribution < 1.29 is 5.11 Å². The van der Waals surface area contributed by atoms with Crippen molar-refractivity contribution in [3.05, 3.63) is 70.8 Å². The highest BCUT2D eigenvalue weighted by Gasteiger charge is 2.08. The van der Waals surface area contributed by atoms with E-state index in [1.165, 1.54) is 5.56 Å². The van der Waals surface area contributed by atoms with Gasteiger partial charge in [-0.3, -0.25) is 0 Å². The van der Waals surface area contributed by atoms with Crippen LogP contribution in [0, 0.1) is 18.3 Å². The van der Waals surface area contributed by atoms with Crippen molar-refractivity contribution in [2.45, 2.75) is 19.4 Å². The van der Waals surface area contributed by atoms with E-state index in [1.807, 2.05) is 31.2 Å². The number of benzene rings is 2. The molecule has 2 aromatic rings. The molecule has 2 rings (SSSR count). The Labute approximate surface area is 107 Å². The highest BCUT2D eigenvalue weighted by atomic mass is 16.3. The van der Waals surface area contributed by atoms with E-state index in [2.05, 4.69) is 6.07 Å². The second-order valence-corrected chi connectivity index (χ2v) is 4.44. The van der Waals surface area contributed by atoms with Gasteiger partial charge in [0.25, 0.3) is 0 Å². The minimum atomic E-state index is -0.527. The fraction of sp³-hybridized carbons (Fsp3) is 0.188. The van der Waals surface area contributed by atoms with Gasteiger partial charge in [-0.1, -0.05) is 42.0 Å². The molecule has 2 heteroatoms. The molecule has 2 aromatic carbocycles. The highest BCUT2D eigenvalue weighted by Crippen LogP contribution is 2.19. The van der Waals surface area contributed by atoms with Crippen molar-refractivity contribution in [1.29, 1.82) is 5.26 Å². The van der Waals surface area contributed by atoms with Gasteiger partial charge in [0.05, 0.1) is 17.7 Å². The summed E-state index contributed by atoms with van der Waals surface area (Å²) in [5.74, 6) is 0. The summed E-state index contributed by atoms with van der Waals surface area (Å²) in [5.41, 5.74) is 3.78. The van der Waals surface area contributed by atoms with E-state index in [-0.39, 0.29) is 0 Å². The molecule has 18 heavy (non-hydrogen) atoms. The summed E-state index contributed by atoms with van der Waals surface area (Å²) in [5, 5.41) is 18.8. The maximum atomic E-state index is 10.1. The molecule has 0 aliphatic heterocycles. The van der Waals surface area contributed by atoms with Crippen LogP contribution in [-0.2, 0) is 6.42 Å². The van der Waals surface area contributed by atoms with Crippen molar-refractivity contribution in [2.75, 3.05) is 0 Å². The van der Waals surface area contributed by atoms with Crippen LogP contribution in [0.15, 0.2) is 48.5 Å². The first-order valence-electron chi connectivity index (χ1n) is 5.93. The third-order valence-corrected chi connectivity index (χ3v) is 2.97. The summed E-state index contributed by atoms with van der Waals surface area (Å²) < 4.78 is 0. The average Bonchev–Trinajstić information content (AvgIpc) is 2.41. The monoisotopic (exact) mass is 237 g/mol. The van der Waals surface area contributed by atoms with E-state index in [4.69, 9.17) is 5.26 Å². The lowest BCUT2D eigenvalue weighted by atomic mass is 10.00. The SMILES string of the molecule is Cc1ccc(CC(O)c2ccc(C#N)cc2)cc1. The number of aliphatic hydroxyl groups excluding tert-OH is 1. The second-order valence-electron chi connectivity index (χ2n) is 4.44. The molecule has 0 fully saturated rings. The third kappa shape index (κ3) is 2.97. The molecule has 0 saturated carbocycles. The molecule has 1 unspecified atom stereocenters. The molecule has 0 saturated heterocycles. The van der Waals surface area contributed by atoms with E-state index < -0.39 is 6.10 Å². The van der Waals surface area contributed by atoms with Crippen molar-refractivity contribution in [3.63, 3.8) is 0 Å². The summed E-state index contributed by atoms with van der Waals surface area (Å²) >= 11 is 0. The maximum Gasteiger partial charge on any atom is 0.0991 e. The molecule has 1 atom stereocenters. The Morgan fingerprint density at radius 3 is 2.22 bits per heavy atom. The normalized spacial score (nSPS) is 11.8. The van der Waals surface area contributed by atoms with Crippen molar-refractivity contribution in [2.24, 2.45) is 0 Å². The third-order valence-electron chi connectivity index (χ3n) is 2.97. The second kappa shape index (κ2) is 5.48. The summed E-state index contributed by atoms with van der Waals surface area (Å²) in [6.45, 7) is 2.04. The largest absolute Gasteiger partial charge is 0.388 e. The molecular formula is C16H15NO. The summed E-state index contributed by atoms with van der Waals surface area (Å²) in [6, 6.07) is 17.3. The summed E-state index contributed by atoms with van der Waals surface area (Å²) in [4.78, 5) is 0. The van der Waals surface area contributed by atoms with Gasteiger partial charge in [0.1, 0.15) is 0 Å². The summed E-state index contributed by atoms with van der Waals surface area (Å²) in [7, 11) is 0. The van der Waals surface area contributed by atoms with Gasteiger partial charge in [0.2, 0.25) is 0 Å². The standard InChI is InChI=1S/C16H15NO/c1-12-2-4-13(5-3-12)10-16(18)15-8-6-14(11-17)7-9-15/h2-9,16,18H,10H2,1H3. The minimum absolute atomic E-state index is 0.527. The Kier molecular flexibility index (Phi) is 3.76. The fourth-order valence-corrected chi connectivity index (χ4v) is 1.85. The predicted octanol–water partition coefficient (Wildman–Crippen LogP) is 3.14. The Balaban J connectivity index is 2.09. The molecular weight excluding hydrogens is 222 g/mol. The zero-order chi connectivity index (χ0) is 13.0. The molecule has 0 spiro atoms. The van der Waals surface area contributed by atoms with Crippen LogP contribution < -0.4 is 0 Å². The summed E-state index contributed by atoms with van der Waals surface area (Å²) in [6.07, 6.45) is 0.0621. The number of nitriles is 1. The zero-order valence-corrected chi connectivity index (χ0v) is 10.3. The number of hydrogen-bond donors (Lipinski definition) is 1. The quantitative estimate of drug-likeness (QED) is 0.891. The predicted molar refractivity (Wildman–Crippen MR) is 71.0 cm³/mol. The molecule has 2 nitrogen and oxygen atoms in total. The van der Waals surface area contributed by atoms with Crippen LogP contribution in [0.3, 0.4) is 0 Å². The first-order chi connectivity index (χ1) is 8.69. The van der Waals surface area contributed by atoms with Gasteiger partial charge in [-0.05, 0) is 30.2 Å². The zero-order valence-electron chi connectivity index (χ0n) is 10.3. The van der Waals surface area contributed by atoms with Crippen LogP contribution in [-0.4, -0.2) is 5.11 Å². The lowest BCUT2D eigenvalue weighted by Crippen LogP contribution is -2.01. The number of hydrogen-bond acceptors (Lipinski definition) is 2. The molecule has 0 heterocycles. The molecule has 0 amide bonds. The van der Waals surface area contributed by atoms with E-state index >= 15 is 0 Å². The van der Waals surface area contributed by atoms with E-state index in [1.54, 1.807) is 24.3 Å². The Bertz CT molecular complexity index is 549. The van der Waals surface area contributed by atoms with Gasteiger partial charge in [0, 0.05) is 6.42 Å². The first kappa shape index (κ1) is 12.3. The van der Waals surface area contributed by atoms with Crippen LogP contribution in [0.25, 0.3) is 0 Å². The molecule has 0 aromatic heterocycles. The van der Waals surface area contributed by atoms with E-state index in [0.717, 1.165) is 11.1 Å². The van der Waals surface area contributed by atoms with Crippen molar-refractivity contribution in [3.8, 4) is 6.07 Å². The smallest absolute Gasteiger partial charge is 0.0991 e. The Morgan fingerprint density at radius 2 is 1.67 bits per heavy atom. The number of nitrogens with zero attached hydrogens (tertiary/aromatic N) is 1. The van der Waals surface area contributed by atoms with Gasteiger partial charge in [-0.15, -0.1) is 0 Å². The van der Waals surface area contributed by atoms with Crippen molar-refractivity contribution in [1.82, 2.24) is 0 Å². The van der Waals surface area contributed by atoms with Gasteiger partial charge in [0.15, 0.2) is 0 Å². The number of aliphatic hydroxyl groups is 1.